The molecule has 0 aromatic heterocycles. The predicted octanol–water partition coefficient (Wildman–Crippen LogP) is 2.18. The van der Waals surface area contributed by atoms with Gasteiger partial charge in [0.05, 0.1) is 0 Å². The van der Waals surface area contributed by atoms with Gasteiger partial charge in [-0.15, -0.1) is 0 Å². The Morgan fingerprint density at radius 3 is 2.50 bits per heavy atom. The number of Topliss-reactive ketones (excluding diaryl/α,β-unsaturated/α-hetero) is 1. The first kappa shape index (κ1) is 7.52. The molecule has 1 fully saturated rings. The van der Waals surface area contributed by atoms with Crippen molar-refractivity contribution in [2.24, 2.45) is 11.8 Å². The van der Waals surface area contributed by atoms with Gasteiger partial charge in [-0.25, -0.2) is 0 Å². The van der Waals surface area contributed by atoms with Crippen molar-refractivity contribution < 1.29 is 4.79 Å². The predicted molar refractivity (Wildman–Crippen MR) is 41.7 cm³/mol. The van der Waals surface area contributed by atoms with E-state index in [4.69, 9.17) is 0 Å². The Morgan fingerprint density at radius 2 is 2.30 bits per heavy atom. The van der Waals surface area contributed by atoms with Crippen molar-refractivity contribution in [3.05, 3.63) is 12.2 Å². The lowest BCUT2D eigenvalue weighted by Crippen LogP contribution is -2.03. The van der Waals surface area contributed by atoms with E-state index in [9.17, 15) is 4.79 Å². The van der Waals surface area contributed by atoms with E-state index in [2.05, 4.69) is 20.4 Å². The highest BCUT2D eigenvalue weighted by molar-refractivity contribution is 5.97. The van der Waals surface area contributed by atoms with Crippen molar-refractivity contribution in [3.63, 3.8) is 0 Å². The van der Waals surface area contributed by atoms with E-state index in [1.54, 1.807) is 0 Å². The summed E-state index contributed by atoms with van der Waals surface area (Å²) >= 11 is 0. The zero-order valence-corrected chi connectivity index (χ0v) is 6.68. The third-order valence-corrected chi connectivity index (χ3v) is 2.44. The van der Waals surface area contributed by atoms with E-state index in [1.165, 1.54) is 0 Å². The zero-order valence-electron chi connectivity index (χ0n) is 6.68. The standard InChI is InChI=1S/C9H14O/c1-4-8-6(2)5-9(10)7(8)3/h6,8H,3-5H2,1-2H3/t6-,8+/m0/s1. The maximum atomic E-state index is 11.1. The maximum absolute atomic E-state index is 11.1. The molecule has 0 saturated heterocycles. The van der Waals surface area contributed by atoms with Gasteiger partial charge in [-0.3, -0.25) is 4.79 Å². The fourth-order valence-corrected chi connectivity index (χ4v) is 1.76. The van der Waals surface area contributed by atoms with Gasteiger partial charge in [-0.2, -0.15) is 0 Å². The molecule has 0 spiro atoms. The van der Waals surface area contributed by atoms with Crippen molar-refractivity contribution in [1.29, 1.82) is 0 Å². The summed E-state index contributed by atoms with van der Waals surface area (Å²) in [7, 11) is 0. The molecule has 0 N–H and O–H groups in total. The molecule has 1 nitrogen and oxygen atoms in total. The van der Waals surface area contributed by atoms with Crippen LogP contribution in [0.5, 0.6) is 0 Å². The summed E-state index contributed by atoms with van der Waals surface area (Å²) in [4.78, 5) is 11.1. The molecule has 1 aliphatic carbocycles. The van der Waals surface area contributed by atoms with Crippen molar-refractivity contribution in [2.75, 3.05) is 0 Å². The molecule has 2 atom stereocenters. The molecule has 1 saturated carbocycles. The highest BCUT2D eigenvalue weighted by Gasteiger charge is 2.31. The Kier molecular flexibility index (Phi) is 1.93. The van der Waals surface area contributed by atoms with Gasteiger partial charge in [-0.1, -0.05) is 20.4 Å². The smallest absolute Gasteiger partial charge is 0.158 e. The first-order valence-corrected chi connectivity index (χ1v) is 3.88. The summed E-state index contributed by atoms with van der Waals surface area (Å²) in [5.41, 5.74) is 0.856. The summed E-state index contributed by atoms with van der Waals surface area (Å²) in [5.74, 6) is 1.27. The molecule has 0 aromatic rings. The minimum Gasteiger partial charge on any atom is -0.295 e. The van der Waals surface area contributed by atoms with Crippen LogP contribution in [-0.2, 0) is 4.79 Å². The van der Waals surface area contributed by atoms with Gasteiger partial charge >= 0.3 is 0 Å². The lowest BCUT2D eigenvalue weighted by atomic mass is 9.93. The van der Waals surface area contributed by atoms with E-state index in [1.807, 2.05) is 0 Å². The molecule has 1 rings (SSSR count). The topological polar surface area (TPSA) is 17.1 Å². The van der Waals surface area contributed by atoms with E-state index >= 15 is 0 Å². The molecular weight excluding hydrogens is 124 g/mol. The van der Waals surface area contributed by atoms with Gasteiger partial charge in [0.15, 0.2) is 5.78 Å². The average molecular weight is 138 g/mol. The van der Waals surface area contributed by atoms with Crippen LogP contribution >= 0.6 is 0 Å². The molecule has 1 aliphatic rings. The molecule has 0 aliphatic heterocycles. The van der Waals surface area contributed by atoms with Crippen LogP contribution in [0.2, 0.25) is 0 Å². The number of hydrogen-bond acceptors (Lipinski definition) is 1. The minimum absolute atomic E-state index is 0.277. The number of carbonyl (C=O) groups is 1. The lowest BCUT2D eigenvalue weighted by molar-refractivity contribution is -0.114. The number of allylic oxidation sites excluding steroid dienone is 1. The van der Waals surface area contributed by atoms with Gasteiger partial charge < -0.3 is 0 Å². The highest BCUT2D eigenvalue weighted by atomic mass is 16.1. The van der Waals surface area contributed by atoms with Crippen LogP contribution in [0.15, 0.2) is 12.2 Å². The Bertz CT molecular complexity index is 170. The second-order valence-electron chi connectivity index (χ2n) is 3.14. The van der Waals surface area contributed by atoms with Gasteiger partial charge in [-0.05, 0) is 23.8 Å². The molecule has 0 heterocycles. The second kappa shape index (κ2) is 2.57. The van der Waals surface area contributed by atoms with Gasteiger partial charge in [0.1, 0.15) is 0 Å². The van der Waals surface area contributed by atoms with Crippen LogP contribution < -0.4 is 0 Å². The van der Waals surface area contributed by atoms with Gasteiger partial charge in [0.2, 0.25) is 0 Å². The molecule has 0 aromatic carbocycles. The van der Waals surface area contributed by atoms with Crippen LogP contribution in [0.25, 0.3) is 0 Å². The van der Waals surface area contributed by atoms with E-state index in [0.717, 1.165) is 18.4 Å². The Labute approximate surface area is 62.1 Å². The van der Waals surface area contributed by atoms with Gasteiger partial charge in [0, 0.05) is 6.42 Å². The maximum Gasteiger partial charge on any atom is 0.158 e. The summed E-state index contributed by atoms with van der Waals surface area (Å²) in [5, 5.41) is 0. The van der Waals surface area contributed by atoms with E-state index in [0.29, 0.717) is 11.8 Å². The molecule has 56 valence electrons. The van der Waals surface area contributed by atoms with Crippen LogP contribution in [0.1, 0.15) is 26.7 Å². The molecule has 0 amide bonds. The van der Waals surface area contributed by atoms with Crippen molar-refractivity contribution in [1.82, 2.24) is 0 Å². The van der Waals surface area contributed by atoms with Crippen LogP contribution in [-0.4, -0.2) is 5.78 Å². The fourth-order valence-electron chi connectivity index (χ4n) is 1.76. The number of ketones is 1. The van der Waals surface area contributed by atoms with E-state index < -0.39 is 0 Å². The van der Waals surface area contributed by atoms with Crippen LogP contribution in [0, 0.1) is 11.8 Å². The summed E-state index contributed by atoms with van der Waals surface area (Å²) in [6.07, 6.45) is 1.78. The number of carbonyl (C=O) groups excluding carboxylic acids is 1. The molecular formula is C9H14O. The number of hydrogen-bond donors (Lipinski definition) is 0. The average Bonchev–Trinajstić information content (AvgIpc) is 2.09. The second-order valence-corrected chi connectivity index (χ2v) is 3.14. The fraction of sp³-hybridized carbons (Fsp3) is 0.667. The SMILES string of the molecule is C=C1C(=O)C[C@H](C)[C@H]1CC. The zero-order chi connectivity index (χ0) is 7.72. The monoisotopic (exact) mass is 138 g/mol. The Balaban J connectivity index is 2.74. The first-order valence-electron chi connectivity index (χ1n) is 3.88. The normalized spacial score (nSPS) is 33.4. The van der Waals surface area contributed by atoms with E-state index in [-0.39, 0.29) is 5.78 Å². The molecule has 10 heavy (non-hydrogen) atoms. The lowest BCUT2D eigenvalue weighted by Gasteiger charge is -2.10. The summed E-state index contributed by atoms with van der Waals surface area (Å²) in [6.45, 7) is 8.03. The molecule has 0 bridgehead atoms. The number of rotatable bonds is 1. The summed E-state index contributed by atoms with van der Waals surface area (Å²) in [6, 6.07) is 0. The molecule has 1 heteroatoms. The third kappa shape index (κ3) is 1.00. The van der Waals surface area contributed by atoms with Gasteiger partial charge in [0.25, 0.3) is 0 Å². The van der Waals surface area contributed by atoms with Crippen LogP contribution in [0.3, 0.4) is 0 Å². The first-order chi connectivity index (χ1) is 4.66. The quantitative estimate of drug-likeness (QED) is 0.507. The van der Waals surface area contributed by atoms with Crippen molar-refractivity contribution >= 4 is 5.78 Å². The third-order valence-electron chi connectivity index (χ3n) is 2.44. The van der Waals surface area contributed by atoms with Crippen molar-refractivity contribution in [3.8, 4) is 0 Å². The van der Waals surface area contributed by atoms with Crippen molar-refractivity contribution in [2.45, 2.75) is 26.7 Å². The largest absolute Gasteiger partial charge is 0.295 e. The minimum atomic E-state index is 0.277. The molecule has 0 radical (unpaired) electrons. The Hall–Kier alpha value is -0.590. The van der Waals surface area contributed by atoms with Crippen LogP contribution in [0.4, 0.5) is 0 Å². The molecule has 0 unspecified atom stereocenters. The summed E-state index contributed by atoms with van der Waals surface area (Å²) < 4.78 is 0. The Morgan fingerprint density at radius 1 is 1.70 bits per heavy atom. The highest BCUT2D eigenvalue weighted by Crippen LogP contribution is 2.34.